The monoisotopic (exact) mass is 420 g/mol. The summed E-state index contributed by atoms with van der Waals surface area (Å²) in [7, 11) is 0. The van der Waals surface area contributed by atoms with Crippen molar-refractivity contribution in [2.45, 2.75) is 13.8 Å². The standard InChI is InChI=1S/C18H17BrN2O5/c1-3-25-17(23)11-5-12(18(24)26-4-2)8-15(7-11)21-16(22)13-6-14(19)10-20-9-13/h5-10H,3-4H2,1-2H3,(H,21,22). The Morgan fingerprint density at radius 1 is 0.923 bits per heavy atom. The number of nitrogens with zero attached hydrogens (tertiary/aromatic N) is 1. The van der Waals surface area contributed by atoms with Gasteiger partial charge in [0, 0.05) is 22.6 Å². The second kappa shape index (κ2) is 9.10. The Morgan fingerprint density at radius 2 is 1.50 bits per heavy atom. The summed E-state index contributed by atoms with van der Waals surface area (Å²) in [5, 5.41) is 2.64. The first kappa shape index (κ1) is 19.6. The lowest BCUT2D eigenvalue weighted by Crippen LogP contribution is -2.15. The summed E-state index contributed by atoms with van der Waals surface area (Å²) >= 11 is 3.25. The highest BCUT2D eigenvalue weighted by molar-refractivity contribution is 9.10. The van der Waals surface area contributed by atoms with Crippen molar-refractivity contribution in [2.24, 2.45) is 0 Å². The molecule has 7 nitrogen and oxygen atoms in total. The van der Waals surface area contributed by atoms with Crippen LogP contribution in [0.3, 0.4) is 0 Å². The molecule has 2 aromatic rings. The molecule has 2 rings (SSSR count). The lowest BCUT2D eigenvalue weighted by molar-refractivity contribution is 0.0525. The molecule has 0 fully saturated rings. The van der Waals surface area contributed by atoms with Crippen LogP contribution in [0.5, 0.6) is 0 Å². The van der Waals surface area contributed by atoms with Crippen LogP contribution in [0.25, 0.3) is 0 Å². The topological polar surface area (TPSA) is 94.6 Å². The highest BCUT2D eigenvalue weighted by Crippen LogP contribution is 2.19. The van der Waals surface area contributed by atoms with E-state index >= 15 is 0 Å². The molecule has 0 radical (unpaired) electrons. The Labute approximate surface area is 158 Å². The quantitative estimate of drug-likeness (QED) is 0.719. The Kier molecular flexibility index (Phi) is 6.85. The zero-order valence-electron chi connectivity index (χ0n) is 14.2. The second-order valence-electron chi connectivity index (χ2n) is 5.09. The molecule has 0 aliphatic heterocycles. The normalized spacial score (nSPS) is 10.1. The van der Waals surface area contributed by atoms with Crippen LogP contribution in [0.4, 0.5) is 5.69 Å². The maximum atomic E-state index is 12.4. The molecular formula is C18H17BrN2O5. The predicted molar refractivity (Wildman–Crippen MR) is 98.2 cm³/mol. The minimum Gasteiger partial charge on any atom is -0.462 e. The number of pyridine rings is 1. The largest absolute Gasteiger partial charge is 0.462 e. The molecule has 26 heavy (non-hydrogen) atoms. The van der Waals surface area contributed by atoms with Crippen molar-refractivity contribution in [3.63, 3.8) is 0 Å². The summed E-state index contributed by atoms with van der Waals surface area (Å²) in [6.45, 7) is 3.73. The van der Waals surface area contributed by atoms with Gasteiger partial charge in [0.15, 0.2) is 0 Å². The van der Waals surface area contributed by atoms with Gasteiger partial charge in [0.2, 0.25) is 0 Å². The van der Waals surface area contributed by atoms with Gasteiger partial charge in [-0.25, -0.2) is 9.59 Å². The highest BCUT2D eigenvalue weighted by Gasteiger charge is 2.16. The molecule has 8 heteroatoms. The first-order chi connectivity index (χ1) is 12.4. The fourth-order valence-electron chi connectivity index (χ4n) is 2.10. The van der Waals surface area contributed by atoms with Gasteiger partial charge in [0.1, 0.15) is 0 Å². The Balaban J connectivity index is 2.35. The van der Waals surface area contributed by atoms with Gasteiger partial charge in [-0.1, -0.05) is 0 Å². The number of hydrogen-bond acceptors (Lipinski definition) is 6. The van der Waals surface area contributed by atoms with Gasteiger partial charge in [0.25, 0.3) is 5.91 Å². The van der Waals surface area contributed by atoms with E-state index in [1.54, 1.807) is 26.1 Å². The number of benzene rings is 1. The molecule has 1 aromatic carbocycles. The average molecular weight is 421 g/mol. The van der Waals surface area contributed by atoms with Crippen molar-refractivity contribution in [1.29, 1.82) is 0 Å². The zero-order chi connectivity index (χ0) is 19.1. The van der Waals surface area contributed by atoms with Gasteiger partial charge >= 0.3 is 11.9 Å². The summed E-state index contributed by atoms with van der Waals surface area (Å²) < 4.78 is 10.6. The van der Waals surface area contributed by atoms with E-state index in [2.05, 4.69) is 26.2 Å². The van der Waals surface area contributed by atoms with Gasteiger partial charge in [-0.15, -0.1) is 0 Å². The first-order valence-corrected chi connectivity index (χ1v) is 8.65. The molecule has 0 aliphatic carbocycles. The number of rotatable bonds is 6. The molecule has 0 saturated heterocycles. The number of anilines is 1. The van der Waals surface area contributed by atoms with Gasteiger partial charge in [-0.05, 0) is 54.0 Å². The van der Waals surface area contributed by atoms with Gasteiger partial charge in [0.05, 0.1) is 29.9 Å². The fourth-order valence-corrected chi connectivity index (χ4v) is 2.47. The van der Waals surface area contributed by atoms with Crippen LogP contribution < -0.4 is 5.32 Å². The molecule has 1 amide bonds. The smallest absolute Gasteiger partial charge is 0.338 e. The van der Waals surface area contributed by atoms with Crippen molar-refractivity contribution in [2.75, 3.05) is 18.5 Å². The average Bonchev–Trinajstić information content (AvgIpc) is 2.61. The molecular weight excluding hydrogens is 404 g/mol. The van der Waals surface area contributed by atoms with E-state index in [9.17, 15) is 14.4 Å². The number of esters is 2. The number of ether oxygens (including phenoxy) is 2. The third-order valence-corrected chi connectivity index (χ3v) is 3.61. The number of carbonyl (C=O) groups excluding carboxylic acids is 3. The fraction of sp³-hybridized carbons (Fsp3) is 0.222. The van der Waals surface area contributed by atoms with E-state index < -0.39 is 17.8 Å². The first-order valence-electron chi connectivity index (χ1n) is 7.85. The van der Waals surface area contributed by atoms with Crippen molar-refractivity contribution in [3.05, 3.63) is 57.8 Å². The molecule has 136 valence electrons. The van der Waals surface area contributed by atoms with Gasteiger partial charge in [-0.3, -0.25) is 9.78 Å². The minimum atomic E-state index is -0.599. The van der Waals surface area contributed by atoms with Crippen LogP contribution in [0.1, 0.15) is 44.9 Å². The summed E-state index contributed by atoms with van der Waals surface area (Å²) in [4.78, 5) is 40.4. The molecule has 0 unspecified atom stereocenters. The van der Waals surface area contributed by atoms with E-state index in [1.807, 2.05) is 0 Å². The van der Waals surface area contributed by atoms with Crippen molar-refractivity contribution in [1.82, 2.24) is 4.98 Å². The highest BCUT2D eigenvalue weighted by atomic mass is 79.9. The summed E-state index contributed by atoms with van der Waals surface area (Å²) in [5.41, 5.74) is 0.863. The molecule has 0 bridgehead atoms. The number of halogens is 1. The summed E-state index contributed by atoms with van der Waals surface area (Å²) in [6, 6.07) is 5.84. The number of hydrogen-bond donors (Lipinski definition) is 1. The van der Waals surface area contributed by atoms with Crippen LogP contribution in [0.2, 0.25) is 0 Å². The Morgan fingerprint density at radius 3 is 2.00 bits per heavy atom. The van der Waals surface area contributed by atoms with Gasteiger partial charge in [-0.2, -0.15) is 0 Å². The molecule has 1 aromatic heterocycles. The third-order valence-electron chi connectivity index (χ3n) is 3.18. The van der Waals surface area contributed by atoms with Crippen LogP contribution >= 0.6 is 15.9 Å². The van der Waals surface area contributed by atoms with E-state index in [-0.39, 0.29) is 30.0 Å². The molecule has 1 N–H and O–H groups in total. The lowest BCUT2D eigenvalue weighted by Gasteiger charge is -2.10. The summed E-state index contributed by atoms with van der Waals surface area (Å²) in [5.74, 6) is -1.63. The van der Waals surface area contributed by atoms with Crippen molar-refractivity contribution >= 4 is 39.5 Å². The van der Waals surface area contributed by atoms with Crippen LogP contribution in [-0.2, 0) is 9.47 Å². The zero-order valence-corrected chi connectivity index (χ0v) is 15.8. The van der Waals surface area contributed by atoms with Crippen LogP contribution in [0.15, 0.2) is 41.1 Å². The number of carbonyl (C=O) groups is 3. The maximum Gasteiger partial charge on any atom is 0.338 e. The molecule has 0 atom stereocenters. The number of amides is 1. The minimum absolute atomic E-state index is 0.139. The summed E-state index contributed by atoms with van der Waals surface area (Å²) in [6.07, 6.45) is 2.96. The van der Waals surface area contributed by atoms with Crippen molar-refractivity contribution < 1.29 is 23.9 Å². The maximum absolute atomic E-state index is 12.4. The predicted octanol–water partition coefficient (Wildman–Crippen LogP) is 3.45. The molecule has 1 heterocycles. The molecule has 0 aliphatic rings. The lowest BCUT2D eigenvalue weighted by atomic mass is 10.1. The van der Waals surface area contributed by atoms with Crippen LogP contribution in [0, 0.1) is 0 Å². The Bertz CT molecular complexity index is 802. The van der Waals surface area contributed by atoms with E-state index in [4.69, 9.17) is 9.47 Å². The SMILES string of the molecule is CCOC(=O)c1cc(NC(=O)c2cncc(Br)c2)cc(C(=O)OCC)c1. The molecule has 0 spiro atoms. The van der Waals surface area contributed by atoms with E-state index in [0.29, 0.717) is 10.0 Å². The van der Waals surface area contributed by atoms with E-state index in [0.717, 1.165) is 0 Å². The van der Waals surface area contributed by atoms with Crippen LogP contribution in [-0.4, -0.2) is 36.0 Å². The van der Waals surface area contributed by atoms with Crippen molar-refractivity contribution in [3.8, 4) is 0 Å². The number of nitrogens with one attached hydrogen (secondary N) is 1. The molecule has 0 saturated carbocycles. The Hall–Kier alpha value is -2.74. The second-order valence-corrected chi connectivity index (χ2v) is 6.00. The third kappa shape index (κ3) is 5.13. The number of aromatic nitrogens is 1. The van der Waals surface area contributed by atoms with Gasteiger partial charge < -0.3 is 14.8 Å². The van der Waals surface area contributed by atoms with E-state index in [1.165, 1.54) is 24.4 Å².